The van der Waals surface area contributed by atoms with Gasteiger partial charge in [0.1, 0.15) is 11.2 Å². The highest BCUT2D eigenvalue weighted by Gasteiger charge is 2.21. The van der Waals surface area contributed by atoms with E-state index in [1.54, 1.807) is 41.5 Å². The van der Waals surface area contributed by atoms with Crippen molar-refractivity contribution in [3.05, 3.63) is 0 Å². The van der Waals surface area contributed by atoms with Crippen LogP contribution in [0.15, 0.2) is 4.99 Å². The molecule has 0 aromatic carbocycles. The summed E-state index contributed by atoms with van der Waals surface area (Å²) in [5, 5.41) is 16.1. The van der Waals surface area contributed by atoms with E-state index in [2.05, 4.69) is 20.9 Å². The molecule has 0 spiro atoms. The van der Waals surface area contributed by atoms with E-state index in [1.807, 2.05) is 0 Å². The molecular formula is C21H38N4O7. The van der Waals surface area contributed by atoms with E-state index >= 15 is 0 Å². The Morgan fingerprint density at radius 3 is 1.75 bits per heavy atom. The lowest BCUT2D eigenvalue weighted by Crippen LogP contribution is -2.47. The van der Waals surface area contributed by atoms with Gasteiger partial charge in [0.05, 0.1) is 6.42 Å². The normalized spacial score (nSPS) is 11.2. The summed E-state index contributed by atoms with van der Waals surface area (Å²) in [7, 11) is 0. The van der Waals surface area contributed by atoms with Gasteiger partial charge in [0, 0.05) is 19.5 Å². The Morgan fingerprint density at radius 1 is 0.781 bits per heavy atom. The smallest absolute Gasteiger partial charge is 0.414 e. The quantitative estimate of drug-likeness (QED) is 0.223. The van der Waals surface area contributed by atoms with Crippen molar-refractivity contribution in [1.82, 2.24) is 16.0 Å². The van der Waals surface area contributed by atoms with Crippen LogP contribution in [0.25, 0.3) is 0 Å². The van der Waals surface area contributed by atoms with Crippen molar-refractivity contribution in [3.8, 4) is 0 Å². The molecule has 0 aliphatic heterocycles. The fourth-order valence-electron chi connectivity index (χ4n) is 2.23. The second kappa shape index (κ2) is 14.3. The van der Waals surface area contributed by atoms with Crippen LogP contribution in [-0.4, -0.2) is 59.4 Å². The van der Waals surface area contributed by atoms with E-state index in [1.165, 1.54) is 0 Å². The minimum absolute atomic E-state index is 0.0257. The number of nitrogens with zero attached hydrogens (tertiary/aromatic N) is 1. The lowest BCUT2D eigenvalue weighted by Gasteiger charge is -2.22. The third-order valence-corrected chi connectivity index (χ3v) is 3.48. The number of carboxylic acids is 1. The second-order valence-electron chi connectivity index (χ2n) is 9.14. The van der Waals surface area contributed by atoms with E-state index in [0.29, 0.717) is 19.5 Å². The predicted octanol–water partition coefficient (Wildman–Crippen LogP) is 2.93. The third kappa shape index (κ3) is 19.1. The van der Waals surface area contributed by atoms with Gasteiger partial charge in [0.25, 0.3) is 0 Å². The van der Waals surface area contributed by atoms with Crippen molar-refractivity contribution >= 4 is 30.0 Å². The molecular weight excluding hydrogens is 420 g/mol. The molecule has 0 saturated heterocycles. The highest BCUT2D eigenvalue weighted by Crippen LogP contribution is 2.08. The zero-order chi connectivity index (χ0) is 24.8. The molecule has 0 aliphatic carbocycles. The molecule has 0 atom stereocenters. The number of nitrogens with one attached hydrogen (secondary N) is 3. The molecule has 0 bridgehead atoms. The van der Waals surface area contributed by atoms with Gasteiger partial charge in [-0.05, 0) is 54.4 Å². The van der Waals surface area contributed by atoms with Crippen LogP contribution in [0.5, 0.6) is 0 Å². The first-order valence-electron chi connectivity index (χ1n) is 10.7. The maximum atomic E-state index is 12.0. The molecule has 0 rings (SSSR count). The molecule has 3 amide bonds. The average Bonchev–Trinajstić information content (AvgIpc) is 2.58. The van der Waals surface area contributed by atoms with Crippen molar-refractivity contribution in [2.75, 3.05) is 13.1 Å². The number of unbranched alkanes of at least 4 members (excludes halogenated alkanes) is 3. The molecule has 0 unspecified atom stereocenters. The minimum Gasteiger partial charge on any atom is -0.481 e. The average molecular weight is 459 g/mol. The highest BCUT2D eigenvalue weighted by molar-refractivity contribution is 6.01. The fourth-order valence-corrected chi connectivity index (χ4v) is 2.23. The summed E-state index contributed by atoms with van der Waals surface area (Å²) < 4.78 is 10.4. The van der Waals surface area contributed by atoms with E-state index < -0.39 is 29.4 Å². The number of hydrogen-bond donors (Lipinski definition) is 4. The summed E-state index contributed by atoms with van der Waals surface area (Å²) in [5.74, 6) is -1.33. The zero-order valence-corrected chi connectivity index (χ0v) is 20.0. The molecule has 4 N–H and O–H groups in total. The summed E-state index contributed by atoms with van der Waals surface area (Å²) in [5.41, 5.74) is -1.41. The number of aliphatic carboxylic acids is 1. The number of carboxylic acid groups (broad SMARTS) is 1. The lowest BCUT2D eigenvalue weighted by atomic mass is 10.2. The van der Waals surface area contributed by atoms with Gasteiger partial charge < -0.3 is 19.9 Å². The van der Waals surface area contributed by atoms with Crippen molar-refractivity contribution in [2.45, 2.75) is 91.3 Å². The Bertz CT molecular complexity index is 632. The summed E-state index contributed by atoms with van der Waals surface area (Å²) in [6, 6.07) is 0. The summed E-state index contributed by atoms with van der Waals surface area (Å²) in [6.07, 6.45) is 1.41. The maximum absolute atomic E-state index is 12.0. The zero-order valence-electron chi connectivity index (χ0n) is 20.0. The van der Waals surface area contributed by atoms with Gasteiger partial charge >= 0.3 is 18.2 Å². The lowest BCUT2D eigenvalue weighted by molar-refractivity contribution is -0.138. The van der Waals surface area contributed by atoms with Gasteiger partial charge in [-0.1, -0.05) is 12.8 Å². The number of alkyl carbamates (subject to hydrolysis) is 2. The van der Waals surface area contributed by atoms with Gasteiger partial charge in [-0.15, -0.1) is 0 Å². The second-order valence-corrected chi connectivity index (χ2v) is 9.14. The van der Waals surface area contributed by atoms with Crippen LogP contribution in [-0.2, 0) is 19.1 Å². The molecule has 0 radical (unpaired) electrons. The van der Waals surface area contributed by atoms with Crippen LogP contribution < -0.4 is 16.0 Å². The van der Waals surface area contributed by atoms with Gasteiger partial charge in [-0.2, -0.15) is 0 Å². The SMILES string of the molecule is CC(C)(C)OC(=O)NC(=NCCCCCCNC(=O)CCC(=O)O)NC(=O)OC(C)(C)C. The molecule has 32 heavy (non-hydrogen) atoms. The number of amides is 3. The first kappa shape index (κ1) is 29.1. The number of carbonyl (C=O) groups excluding carboxylic acids is 3. The number of rotatable bonds is 10. The summed E-state index contributed by atoms with van der Waals surface area (Å²) in [6.45, 7) is 11.2. The monoisotopic (exact) mass is 458 g/mol. The number of ether oxygens (including phenoxy) is 2. The number of guanidine groups is 1. The van der Waals surface area contributed by atoms with Crippen molar-refractivity contribution < 1.29 is 33.8 Å². The van der Waals surface area contributed by atoms with Gasteiger partial charge in [0.2, 0.25) is 11.9 Å². The van der Waals surface area contributed by atoms with E-state index in [4.69, 9.17) is 14.6 Å². The molecule has 184 valence electrons. The van der Waals surface area contributed by atoms with Crippen molar-refractivity contribution in [3.63, 3.8) is 0 Å². The van der Waals surface area contributed by atoms with Gasteiger partial charge in [-0.3, -0.25) is 25.2 Å². The highest BCUT2D eigenvalue weighted by atomic mass is 16.6. The maximum Gasteiger partial charge on any atom is 0.414 e. The molecule has 11 heteroatoms. The van der Waals surface area contributed by atoms with E-state index in [9.17, 15) is 19.2 Å². The number of carbonyl (C=O) groups is 4. The molecule has 0 aliphatic rings. The van der Waals surface area contributed by atoms with Gasteiger partial charge in [-0.25, -0.2) is 9.59 Å². The van der Waals surface area contributed by atoms with Crippen LogP contribution in [0, 0.1) is 0 Å². The minimum atomic E-state index is -0.998. The van der Waals surface area contributed by atoms with Gasteiger partial charge in [0.15, 0.2) is 0 Å². The van der Waals surface area contributed by atoms with Crippen LogP contribution >= 0.6 is 0 Å². The predicted molar refractivity (Wildman–Crippen MR) is 119 cm³/mol. The van der Waals surface area contributed by atoms with Crippen LogP contribution in [0.2, 0.25) is 0 Å². The molecule has 0 heterocycles. The van der Waals surface area contributed by atoms with Crippen LogP contribution in [0.1, 0.15) is 80.1 Å². The van der Waals surface area contributed by atoms with Crippen LogP contribution in [0.4, 0.5) is 9.59 Å². The van der Waals surface area contributed by atoms with Crippen molar-refractivity contribution in [2.24, 2.45) is 4.99 Å². The standard InChI is InChI=1S/C21H38N4O7/c1-20(2,3)31-18(29)24-17(25-19(30)32-21(4,5)6)23-14-10-8-7-9-13-22-15(26)11-12-16(27)28/h7-14H2,1-6H3,(H,22,26)(H,27,28)(H2,23,24,25,29,30). The Balaban J connectivity index is 4.44. The van der Waals surface area contributed by atoms with Crippen molar-refractivity contribution in [1.29, 1.82) is 0 Å². The first-order chi connectivity index (χ1) is 14.7. The largest absolute Gasteiger partial charge is 0.481 e. The van der Waals surface area contributed by atoms with E-state index in [0.717, 1.165) is 19.3 Å². The summed E-state index contributed by atoms with van der Waals surface area (Å²) >= 11 is 0. The molecule has 11 nitrogen and oxygen atoms in total. The topological polar surface area (TPSA) is 155 Å². The molecule has 0 aromatic heterocycles. The first-order valence-corrected chi connectivity index (χ1v) is 10.7. The molecule has 0 saturated carbocycles. The molecule has 0 aromatic rings. The third-order valence-electron chi connectivity index (χ3n) is 3.48. The Labute approximate surface area is 189 Å². The van der Waals surface area contributed by atoms with Crippen LogP contribution in [0.3, 0.4) is 0 Å². The Hall–Kier alpha value is -2.85. The Kier molecular flexibility index (Phi) is 13.0. The fraction of sp³-hybridized carbons (Fsp3) is 0.762. The number of aliphatic imine (C=N–C) groups is 1. The molecule has 0 fully saturated rings. The Morgan fingerprint density at radius 2 is 1.28 bits per heavy atom. The number of hydrogen-bond acceptors (Lipinski definition) is 7. The van der Waals surface area contributed by atoms with E-state index in [-0.39, 0.29) is 24.7 Å². The summed E-state index contributed by atoms with van der Waals surface area (Å²) in [4.78, 5) is 50.1.